The number of hydrogen-bond donors (Lipinski definition) is 0. The lowest BCUT2D eigenvalue weighted by molar-refractivity contribution is 0.638. The molecule has 0 radical (unpaired) electrons. The van der Waals surface area contributed by atoms with Crippen molar-refractivity contribution in [3.8, 4) is 0 Å². The first-order valence-corrected chi connectivity index (χ1v) is 6.45. The zero-order valence-electron chi connectivity index (χ0n) is 8.45. The van der Waals surface area contributed by atoms with Crippen LogP contribution in [0.25, 0.3) is 0 Å². The maximum absolute atomic E-state index is 4.01. The summed E-state index contributed by atoms with van der Waals surface area (Å²) >= 11 is 0. The Balaban J connectivity index is 2.13. The predicted octanol–water partition coefficient (Wildman–Crippen LogP) is 0.457. The molecule has 2 aromatic rings. The van der Waals surface area contributed by atoms with Gasteiger partial charge in [-0.05, 0) is 0 Å². The van der Waals surface area contributed by atoms with Crippen LogP contribution in [0.4, 0.5) is 0 Å². The molecule has 1 unspecified atom stereocenters. The SMILES string of the molecule is C=CC([SiH2]c1ccccc1)n1ccnn1. The molecule has 3 nitrogen and oxygen atoms in total. The molecular weight excluding hydrogens is 202 g/mol. The van der Waals surface area contributed by atoms with E-state index in [0.29, 0.717) is 5.67 Å². The Labute approximate surface area is 91.3 Å². The van der Waals surface area contributed by atoms with Gasteiger partial charge in [0.2, 0.25) is 0 Å². The third kappa shape index (κ3) is 2.41. The van der Waals surface area contributed by atoms with Crippen molar-refractivity contribution in [3.63, 3.8) is 0 Å². The first-order valence-electron chi connectivity index (χ1n) is 4.92. The molecule has 1 aromatic carbocycles. The van der Waals surface area contributed by atoms with Crippen LogP contribution < -0.4 is 5.19 Å². The standard InChI is InChI=1S/C11H13N3Si/c1-2-11(14-9-8-12-13-14)15-10-6-4-3-5-7-10/h2-9,11H,1,15H2. The molecule has 2 rings (SSSR count). The minimum absolute atomic E-state index is 0.315. The molecule has 76 valence electrons. The Hall–Kier alpha value is -1.68. The highest BCUT2D eigenvalue weighted by Crippen LogP contribution is 2.02. The lowest BCUT2D eigenvalue weighted by Crippen LogP contribution is -2.25. The molecule has 1 atom stereocenters. The van der Waals surface area contributed by atoms with Crippen molar-refractivity contribution >= 4 is 14.7 Å². The van der Waals surface area contributed by atoms with Crippen molar-refractivity contribution in [1.29, 1.82) is 0 Å². The van der Waals surface area contributed by atoms with Gasteiger partial charge in [-0.15, -0.1) is 11.7 Å². The molecule has 1 heterocycles. The fourth-order valence-electron chi connectivity index (χ4n) is 1.53. The van der Waals surface area contributed by atoms with E-state index in [4.69, 9.17) is 0 Å². The number of benzene rings is 1. The molecule has 0 aliphatic heterocycles. The summed E-state index contributed by atoms with van der Waals surface area (Å²) < 4.78 is 1.88. The summed E-state index contributed by atoms with van der Waals surface area (Å²) in [5.74, 6) is 0. The molecule has 0 saturated carbocycles. The fourth-order valence-corrected chi connectivity index (χ4v) is 3.11. The van der Waals surface area contributed by atoms with E-state index in [9.17, 15) is 0 Å². The van der Waals surface area contributed by atoms with Gasteiger partial charge < -0.3 is 0 Å². The number of aromatic nitrogens is 3. The van der Waals surface area contributed by atoms with Gasteiger partial charge in [0.05, 0.1) is 21.4 Å². The highest BCUT2D eigenvalue weighted by molar-refractivity contribution is 6.54. The van der Waals surface area contributed by atoms with Gasteiger partial charge in [-0.25, -0.2) is 4.68 Å². The van der Waals surface area contributed by atoms with Crippen molar-refractivity contribution in [2.45, 2.75) is 5.67 Å². The molecule has 4 heteroatoms. The summed E-state index contributed by atoms with van der Waals surface area (Å²) in [5.41, 5.74) is 0.315. The van der Waals surface area contributed by atoms with Crippen LogP contribution in [0.3, 0.4) is 0 Å². The number of nitrogens with zero attached hydrogens (tertiary/aromatic N) is 3. The van der Waals surface area contributed by atoms with Crippen molar-refractivity contribution in [1.82, 2.24) is 15.0 Å². The van der Waals surface area contributed by atoms with Crippen molar-refractivity contribution in [2.75, 3.05) is 0 Å². The van der Waals surface area contributed by atoms with E-state index in [1.54, 1.807) is 6.20 Å². The largest absolute Gasteiger partial charge is 0.249 e. The van der Waals surface area contributed by atoms with Crippen molar-refractivity contribution in [2.24, 2.45) is 0 Å². The summed E-state index contributed by atoms with van der Waals surface area (Å²) in [6.45, 7) is 3.86. The van der Waals surface area contributed by atoms with Gasteiger partial charge in [-0.1, -0.05) is 46.8 Å². The first kappa shape index (κ1) is 9.86. The zero-order chi connectivity index (χ0) is 10.5. The van der Waals surface area contributed by atoms with E-state index in [-0.39, 0.29) is 0 Å². The Morgan fingerprint density at radius 3 is 2.73 bits per heavy atom. The lowest BCUT2D eigenvalue weighted by Gasteiger charge is -2.11. The van der Waals surface area contributed by atoms with Crippen molar-refractivity contribution < 1.29 is 0 Å². The second kappa shape index (κ2) is 4.70. The number of hydrogen-bond acceptors (Lipinski definition) is 2. The van der Waals surface area contributed by atoms with Crippen LogP contribution in [0.15, 0.2) is 55.4 Å². The highest BCUT2D eigenvalue weighted by atomic mass is 28.2. The topological polar surface area (TPSA) is 30.7 Å². The Morgan fingerprint density at radius 1 is 1.33 bits per heavy atom. The molecular formula is C11H13N3Si. The lowest BCUT2D eigenvalue weighted by atomic mass is 10.4. The Morgan fingerprint density at radius 2 is 2.13 bits per heavy atom. The predicted molar refractivity (Wildman–Crippen MR) is 63.9 cm³/mol. The molecule has 0 aliphatic carbocycles. The summed E-state index contributed by atoms with van der Waals surface area (Å²) in [6.07, 6.45) is 5.55. The van der Waals surface area contributed by atoms with Crippen LogP contribution in [0.1, 0.15) is 5.67 Å². The van der Waals surface area contributed by atoms with Crippen LogP contribution in [-0.4, -0.2) is 24.5 Å². The van der Waals surface area contributed by atoms with Gasteiger partial charge in [-0.3, -0.25) is 0 Å². The van der Waals surface area contributed by atoms with Crippen LogP contribution in [0.2, 0.25) is 0 Å². The minimum Gasteiger partial charge on any atom is -0.249 e. The second-order valence-electron chi connectivity index (χ2n) is 3.38. The maximum Gasteiger partial charge on any atom is 0.0884 e. The molecule has 0 spiro atoms. The maximum atomic E-state index is 4.01. The third-order valence-electron chi connectivity index (χ3n) is 2.34. The summed E-state index contributed by atoms with van der Waals surface area (Å²) in [6, 6.07) is 10.5. The summed E-state index contributed by atoms with van der Waals surface area (Å²) in [5, 5.41) is 9.25. The van der Waals surface area contributed by atoms with Crippen molar-refractivity contribution in [3.05, 3.63) is 55.4 Å². The molecule has 0 N–H and O–H groups in total. The normalized spacial score (nSPS) is 13.1. The Bertz CT molecular complexity index is 411. The van der Waals surface area contributed by atoms with E-state index in [0.717, 1.165) is 0 Å². The highest BCUT2D eigenvalue weighted by Gasteiger charge is 2.08. The molecule has 0 fully saturated rings. The van der Waals surface area contributed by atoms with E-state index in [2.05, 4.69) is 41.2 Å². The van der Waals surface area contributed by atoms with Gasteiger partial charge in [0.1, 0.15) is 0 Å². The minimum atomic E-state index is -0.424. The van der Waals surface area contributed by atoms with Crippen LogP contribution >= 0.6 is 0 Å². The molecule has 0 saturated heterocycles. The average Bonchev–Trinajstić information content (AvgIpc) is 2.81. The number of allylic oxidation sites excluding steroid dienone is 1. The fraction of sp³-hybridized carbons (Fsp3) is 0.0909. The first-order chi connectivity index (χ1) is 7.40. The molecule has 1 aromatic heterocycles. The van der Waals surface area contributed by atoms with Crippen LogP contribution in [-0.2, 0) is 0 Å². The van der Waals surface area contributed by atoms with Gasteiger partial charge in [0, 0.05) is 6.20 Å². The molecule has 0 bridgehead atoms. The molecule has 0 aliphatic rings. The average molecular weight is 215 g/mol. The van der Waals surface area contributed by atoms with E-state index >= 15 is 0 Å². The van der Waals surface area contributed by atoms with E-state index < -0.39 is 9.52 Å². The van der Waals surface area contributed by atoms with Gasteiger partial charge in [-0.2, -0.15) is 0 Å². The zero-order valence-corrected chi connectivity index (χ0v) is 9.87. The smallest absolute Gasteiger partial charge is 0.0884 e. The molecule has 15 heavy (non-hydrogen) atoms. The number of rotatable bonds is 4. The van der Waals surface area contributed by atoms with E-state index in [1.165, 1.54) is 5.19 Å². The van der Waals surface area contributed by atoms with Gasteiger partial charge in [0.15, 0.2) is 0 Å². The summed E-state index contributed by atoms with van der Waals surface area (Å²) in [7, 11) is -0.424. The van der Waals surface area contributed by atoms with E-state index in [1.807, 2.05) is 23.0 Å². The molecule has 0 amide bonds. The van der Waals surface area contributed by atoms with Crippen LogP contribution in [0.5, 0.6) is 0 Å². The monoisotopic (exact) mass is 215 g/mol. The second-order valence-corrected chi connectivity index (χ2v) is 5.44. The third-order valence-corrected chi connectivity index (χ3v) is 4.41. The van der Waals surface area contributed by atoms with Crippen LogP contribution in [0, 0.1) is 0 Å². The van der Waals surface area contributed by atoms with Gasteiger partial charge in [0.25, 0.3) is 0 Å². The Kier molecular flexibility index (Phi) is 3.09. The quantitative estimate of drug-likeness (QED) is 0.548. The van der Waals surface area contributed by atoms with Gasteiger partial charge >= 0.3 is 0 Å². The summed E-state index contributed by atoms with van der Waals surface area (Å²) in [4.78, 5) is 0.